The lowest BCUT2D eigenvalue weighted by Gasteiger charge is -2.27. The molecule has 0 aliphatic carbocycles. The highest BCUT2D eigenvalue weighted by Crippen LogP contribution is 2.28. The quantitative estimate of drug-likeness (QED) is 0.504. The lowest BCUT2D eigenvalue weighted by atomic mass is 9.99. The first kappa shape index (κ1) is 16.7. The van der Waals surface area contributed by atoms with Crippen LogP contribution in [0.5, 0.6) is 0 Å². The summed E-state index contributed by atoms with van der Waals surface area (Å²) < 4.78 is 71.0. The maximum absolute atomic E-state index is 13.5. The molecule has 0 fully saturated rings. The predicted octanol–water partition coefficient (Wildman–Crippen LogP) is 4.00. The summed E-state index contributed by atoms with van der Waals surface area (Å²) in [7, 11) is 1.46. The van der Waals surface area contributed by atoms with Crippen molar-refractivity contribution in [3.05, 3.63) is 29.1 Å². The summed E-state index contributed by atoms with van der Waals surface area (Å²) in [6.45, 7) is 5.03. The Morgan fingerprint density at radius 1 is 0.950 bits per heavy atom. The van der Waals surface area contributed by atoms with Crippen molar-refractivity contribution in [3.8, 4) is 0 Å². The van der Waals surface area contributed by atoms with Crippen molar-refractivity contribution in [2.75, 3.05) is 12.4 Å². The molecule has 0 radical (unpaired) electrons. The van der Waals surface area contributed by atoms with Gasteiger partial charge in [0.1, 0.15) is 5.69 Å². The summed E-state index contributed by atoms with van der Waals surface area (Å²) in [5, 5.41) is 2.30. The molecule has 2 nitrogen and oxygen atoms in total. The fraction of sp³-hybridized carbons (Fsp3) is 0.538. The van der Waals surface area contributed by atoms with Gasteiger partial charge in [-0.15, -0.1) is 0 Å². The second-order valence-electron chi connectivity index (χ2n) is 5.16. The van der Waals surface area contributed by atoms with Gasteiger partial charge in [-0.25, -0.2) is 22.0 Å². The summed E-state index contributed by atoms with van der Waals surface area (Å²) in [4.78, 5) is 0. The van der Waals surface area contributed by atoms with Crippen LogP contribution in [0.4, 0.5) is 27.6 Å². The molecule has 20 heavy (non-hydrogen) atoms. The lowest BCUT2D eigenvalue weighted by Crippen LogP contribution is -2.32. The van der Waals surface area contributed by atoms with Crippen molar-refractivity contribution < 1.29 is 26.7 Å². The molecule has 0 aliphatic heterocycles. The number of ether oxygens (including phenoxy) is 1. The molecule has 114 valence electrons. The van der Waals surface area contributed by atoms with Crippen molar-refractivity contribution in [1.29, 1.82) is 0 Å². The molecular formula is C13H16F5NO. The van der Waals surface area contributed by atoms with Crippen molar-refractivity contribution in [3.63, 3.8) is 0 Å². The van der Waals surface area contributed by atoms with Crippen LogP contribution in [-0.4, -0.2) is 18.8 Å². The molecule has 0 spiro atoms. The summed E-state index contributed by atoms with van der Waals surface area (Å²) >= 11 is 0. The third-order valence-electron chi connectivity index (χ3n) is 2.95. The zero-order chi connectivity index (χ0) is 15.7. The fourth-order valence-electron chi connectivity index (χ4n) is 1.85. The number of benzene rings is 1. The number of anilines is 1. The predicted molar refractivity (Wildman–Crippen MR) is 65.0 cm³/mol. The molecule has 1 aromatic rings. The largest absolute Gasteiger partial charge is 0.379 e. The summed E-state index contributed by atoms with van der Waals surface area (Å²) in [5.41, 5.74) is -1.63. The lowest BCUT2D eigenvalue weighted by molar-refractivity contribution is 0.0127. The van der Waals surface area contributed by atoms with E-state index >= 15 is 0 Å². The third-order valence-corrected chi connectivity index (χ3v) is 2.95. The molecule has 7 heteroatoms. The van der Waals surface area contributed by atoms with Crippen LogP contribution in [-0.2, 0) is 4.74 Å². The van der Waals surface area contributed by atoms with E-state index in [0.717, 1.165) is 0 Å². The maximum atomic E-state index is 13.5. The highest BCUT2D eigenvalue weighted by atomic mass is 19.2. The van der Waals surface area contributed by atoms with Gasteiger partial charge in [-0.2, -0.15) is 0 Å². The highest BCUT2D eigenvalue weighted by molar-refractivity contribution is 5.48. The molecule has 1 rings (SSSR count). The van der Waals surface area contributed by atoms with Crippen LogP contribution >= 0.6 is 0 Å². The van der Waals surface area contributed by atoms with Crippen LogP contribution in [0.2, 0.25) is 0 Å². The minimum Gasteiger partial charge on any atom is -0.379 e. The van der Waals surface area contributed by atoms with Gasteiger partial charge in [0.05, 0.1) is 5.60 Å². The molecular weight excluding hydrogens is 281 g/mol. The highest BCUT2D eigenvalue weighted by Gasteiger charge is 2.28. The Balaban J connectivity index is 3.05. The van der Waals surface area contributed by atoms with Crippen LogP contribution in [0.15, 0.2) is 0 Å². The summed E-state index contributed by atoms with van der Waals surface area (Å²) in [5.74, 6) is -9.85. The number of halogens is 5. The molecule has 1 unspecified atom stereocenters. The average Bonchev–Trinajstić information content (AvgIpc) is 2.38. The molecule has 0 heterocycles. The molecule has 1 atom stereocenters. The minimum atomic E-state index is -2.17. The van der Waals surface area contributed by atoms with Gasteiger partial charge in [-0.3, -0.25) is 0 Å². The molecule has 0 saturated heterocycles. The monoisotopic (exact) mass is 297 g/mol. The van der Waals surface area contributed by atoms with Crippen molar-refractivity contribution in [1.82, 2.24) is 0 Å². The Morgan fingerprint density at radius 2 is 1.35 bits per heavy atom. The Labute approximate surface area is 113 Å². The van der Waals surface area contributed by atoms with Gasteiger partial charge in [-0.05, 0) is 27.2 Å². The normalized spacial score (nSPS) is 13.4. The molecule has 0 amide bonds. The smallest absolute Gasteiger partial charge is 0.200 e. The first-order valence-corrected chi connectivity index (χ1v) is 5.94. The Hall–Kier alpha value is -1.37. The number of rotatable bonds is 5. The number of nitrogens with one attached hydrogen (secondary N) is 1. The van der Waals surface area contributed by atoms with E-state index in [1.54, 1.807) is 20.8 Å². The number of methoxy groups -OCH3 is 1. The van der Waals surface area contributed by atoms with Gasteiger partial charge in [0.15, 0.2) is 23.3 Å². The SMILES string of the molecule is COC(C)(C)CC(C)Nc1c(F)c(F)c(F)c(F)c1F. The van der Waals surface area contributed by atoms with Gasteiger partial charge in [0, 0.05) is 13.2 Å². The van der Waals surface area contributed by atoms with Gasteiger partial charge in [0.25, 0.3) is 0 Å². The topological polar surface area (TPSA) is 21.3 Å². The van der Waals surface area contributed by atoms with Gasteiger partial charge < -0.3 is 10.1 Å². The van der Waals surface area contributed by atoms with E-state index in [9.17, 15) is 22.0 Å². The average molecular weight is 297 g/mol. The van der Waals surface area contributed by atoms with E-state index < -0.39 is 46.4 Å². The zero-order valence-corrected chi connectivity index (χ0v) is 11.6. The van der Waals surface area contributed by atoms with E-state index in [-0.39, 0.29) is 0 Å². The molecule has 0 aromatic heterocycles. The van der Waals surface area contributed by atoms with Gasteiger partial charge in [-0.1, -0.05) is 0 Å². The Bertz CT molecular complexity index is 475. The zero-order valence-electron chi connectivity index (χ0n) is 11.6. The Kier molecular flexibility index (Phi) is 4.96. The molecule has 0 bridgehead atoms. The van der Waals surface area contributed by atoms with Crippen LogP contribution in [0, 0.1) is 29.1 Å². The van der Waals surface area contributed by atoms with Crippen LogP contribution in [0.25, 0.3) is 0 Å². The fourth-order valence-corrected chi connectivity index (χ4v) is 1.85. The third kappa shape index (κ3) is 3.39. The second-order valence-corrected chi connectivity index (χ2v) is 5.16. The minimum absolute atomic E-state index is 0.309. The van der Waals surface area contributed by atoms with Crippen molar-refractivity contribution >= 4 is 5.69 Å². The summed E-state index contributed by atoms with van der Waals surface area (Å²) in [6, 6.07) is -0.557. The van der Waals surface area contributed by atoms with E-state index in [0.29, 0.717) is 6.42 Å². The van der Waals surface area contributed by atoms with Crippen LogP contribution < -0.4 is 5.32 Å². The molecule has 1 aromatic carbocycles. The molecule has 0 aliphatic rings. The van der Waals surface area contributed by atoms with E-state index in [4.69, 9.17) is 4.74 Å². The van der Waals surface area contributed by atoms with Crippen molar-refractivity contribution in [2.24, 2.45) is 0 Å². The van der Waals surface area contributed by atoms with Crippen molar-refractivity contribution in [2.45, 2.75) is 38.8 Å². The van der Waals surface area contributed by atoms with Gasteiger partial charge in [0.2, 0.25) is 5.82 Å². The van der Waals surface area contributed by atoms with Crippen LogP contribution in [0.3, 0.4) is 0 Å². The first-order valence-electron chi connectivity index (χ1n) is 5.94. The van der Waals surface area contributed by atoms with Crippen LogP contribution in [0.1, 0.15) is 27.2 Å². The second kappa shape index (κ2) is 5.95. The van der Waals surface area contributed by atoms with E-state index in [1.165, 1.54) is 7.11 Å². The molecule has 1 N–H and O–H groups in total. The Morgan fingerprint density at radius 3 is 1.75 bits per heavy atom. The maximum Gasteiger partial charge on any atom is 0.200 e. The summed E-state index contributed by atoms with van der Waals surface area (Å²) in [6.07, 6.45) is 0.309. The standard InChI is InChI=1S/C13H16F5NO/c1-6(5-13(2,3)20-4)19-12-10(17)8(15)7(14)9(16)11(12)18/h6,19H,5H2,1-4H3. The molecule has 0 saturated carbocycles. The van der Waals surface area contributed by atoms with E-state index in [2.05, 4.69) is 5.32 Å². The number of hydrogen-bond donors (Lipinski definition) is 1. The number of hydrogen-bond acceptors (Lipinski definition) is 2. The van der Waals surface area contributed by atoms with E-state index in [1.807, 2.05) is 0 Å². The van der Waals surface area contributed by atoms with Gasteiger partial charge >= 0.3 is 0 Å². The first-order chi connectivity index (χ1) is 9.10.